The first kappa shape index (κ1) is 40.1. The number of benzene rings is 5. The molecule has 5 aromatic rings. The molecule has 0 radical (unpaired) electrons. The van der Waals surface area contributed by atoms with E-state index in [4.69, 9.17) is 0 Å². The molecule has 2 nitrogen and oxygen atoms in total. The molecule has 0 N–H and O–H groups in total. The summed E-state index contributed by atoms with van der Waals surface area (Å²) in [6.07, 6.45) is 17.7. The maximum Gasteiger partial charge on any atom is 0.252 e. The molecular formula is C57H63BN2. The van der Waals surface area contributed by atoms with Crippen LogP contribution in [0, 0.1) is 18.3 Å². The zero-order valence-electron chi connectivity index (χ0n) is 37.9. The number of hydrogen-bond acceptors (Lipinski definition) is 2. The Bertz CT molecular complexity index is 2620. The molecule has 9 rings (SSSR count). The van der Waals surface area contributed by atoms with E-state index in [9.17, 15) is 0 Å². The minimum atomic E-state index is -0.199. The Morgan fingerprint density at radius 1 is 0.550 bits per heavy atom. The first-order valence-corrected chi connectivity index (χ1v) is 22.4. The summed E-state index contributed by atoms with van der Waals surface area (Å²) in [5.41, 5.74) is 19.6. The van der Waals surface area contributed by atoms with E-state index >= 15 is 0 Å². The Morgan fingerprint density at radius 2 is 1.25 bits per heavy atom. The summed E-state index contributed by atoms with van der Waals surface area (Å²) in [6.45, 7) is 26.0. The Morgan fingerprint density at radius 3 is 1.92 bits per heavy atom. The average Bonchev–Trinajstić information content (AvgIpc) is 3.23. The lowest BCUT2D eigenvalue weighted by molar-refractivity contribution is 0.293. The molecule has 3 heteroatoms. The highest BCUT2D eigenvalue weighted by Crippen LogP contribution is 2.47. The molecule has 1 unspecified atom stereocenters. The van der Waals surface area contributed by atoms with Gasteiger partial charge in [0.25, 0.3) is 6.71 Å². The lowest BCUT2D eigenvalue weighted by Crippen LogP contribution is -2.62. The SMILES string of the molecule is Cc1cc2c3c(c1)N(c1cccc(C(C)(C)C4=CCCC=C4)c1)c1cc(C(C)(C)c4ccccc4)ccc1B3c1cc(C(C)(C)C)ccc1N2C1=CCC(C(C)(C)C)C=C1. The highest BCUT2D eigenvalue weighted by atomic mass is 15.2. The summed E-state index contributed by atoms with van der Waals surface area (Å²) in [6, 6.07) is 40.1. The third-order valence-corrected chi connectivity index (χ3v) is 14.3. The fourth-order valence-electron chi connectivity index (χ4n) is 10.3. The second-order valence-corrected chi connectivity index (χ2v) is 21.1. The van der Waals surface area contributed by atoms with Crippen molar-refractivity contribution in [2.75, 3.05) is 9.80 Å². The van der Waals surface area contributed by atoms with Crippen LogP contribution in [0.5, 0.6) is 0 Å². The number of aryl methyl sites for hydroxylation is 1. The molecule has 1 atom stereocenters. The first-order valence-electron chi connectivity index (χ1n) is 22.4. The van der Waals surface area contributed by atoms with Gasteiger partial charge in [-0.25, -0.2) is 0 Å². The van der Waals surface area contributed by atoms with Crippen molar-refractivity contribution in [3.8, 4) is 0 Å². The lowest BCUT2D eigenvalue weighted by Gasteiger charge is -2.46. The van der Waals surface area contributed by atoms with Gasteiger partial charge in [-0.3, -0.25) is 0 Å². The molecule has 0 spiro atoms. The van der Waals surface area contributed by atoms with E-state index in [0.29, 0.717) is 5.92 Å². The van der Waals surface area contributed by atoms with Crippen molar-refractivity contribution >= 4 is 51.5 Å². The maximum atomic E-state index is 2.62. The zero-order valence-corrected chi connectivity index (χ0v) is 37.9. The lowest BCUT2D eigenvalue weighted by atomic mass is 9.33. The van der Waals surface area contributed by atoms with Gasteiger partial charge in [0, 0.05) is 45.0 Å². The maximum absolute atomic E-state index is 2.62. The van der Waals surface area contributed by atoms with E-state index in [1.165, 1.54) is 83.9 Å². The van der Waals surface area contributed by atoms with Crippen LogP contribution in [0.1, 0.15) is 116 Å². The van der Waals surface area contributed by atoms with Gasteiger partial charge in [0.15, 0.2) is 0 Å². The fourth-order valence-corrected chi connectivity index (χ4v) is 10.3. The van der Waals surface area contributed by atoms with Gasteiger partial charge in [0.1, 0.15) is 0 Å². The minimum Gasteiger partial charge on any atom is -0.312 e. The number of fused-ring (bicyclic) bond motifs is 4. The van der Waals surface area contributed by atoms with Crippen LogP contribution in [0.4, 0.5) is 28.4 Å². The van der Waals surface area contributed by atoms with Crippen molar-refractivity contribution in [1.82, 2.24) is 0 Å². The molecule has 4 aliphatic rings. The van der Waals surface area contributed by atoms with E-state index < -0.39 is 0 Å². The molecule has 0 aromatic heterocycles. The normalized spacial score (nSPS) is 17.5. The van der Waals surface area contributed by atoms with Crippen LogP contribution >= 0.6 is 0 Å². The largest absolute Gasteiger partial charge is 0.312 e. The van der Waals surface area contributed by atoms with Gasteiger partial charge in [0.2, 0.25) is 0 Å². The molecule has 0 saturated heterocycles. The van der Waals surface area contributed by atoms with Crippen molar-refractivity contribution in [1.29, 1.82) is 0 Å². The molecular weight excluding hydrogens is 723 g/mol. The fraction of sp³-hybridized carbons (Fsp3) is 0.333. The summed E-state index contributed by atoms with van der Waals surface area (Å²) in [7, 11) is 0. The Kier molecular flexibility index (Phi) is 9.66. The summed E-state index contributed by atoms with van der Waals surface area (Å²) < 4.78 is 0. The molecule has 2 aliphatic carbocycles. The van der Waals surface area contributed by atoms with E-state index in [-0.39, 0.29) is 28.4 Å². The zero-order chi connectivity index (χ0) is 42.4. The van der Waals surface area contributed by atoms with E-state index in [1.54, 1.807) is 0 Å². The Hall–Kier alpha value is -5.28. The molecule has 0 saturated carbocycles. The summed E-state index contributed by atoms with van der Waals surface area (Å²) in [4.78, 5) is 5.21. The van der Waals surface area contributed by atoms with E-state index in [1.807, 2.05) is 0 Å². The third kappa shape index (κ3) is 6.73. The van der Waals surface area contributed by atoms with Crippen LogP contribution in [0.3, 0.4) is 0 Å². The second-order valence-electron chi connectivity index (χ2n) is 21.1. The van der Waals surface area contributed by atoms with Gasteiger partial charge >= 0.3 is 0 Å². The van der Waals surface area contributed by atoms with Crippen LogP contribution in [-0.2, 0) is 16.2 Å². The van der Waals surface area contributed by atoms with Crippen LogP contribution in [0.25, 0.3) is 0 Å². The summed E-state index contributed by atoms with van der Waals surface area (Å²) in [5.74, 6) is 0.501. The monoisotopic (exact) mass is 787 g/mol. The van der Waals surface area contributed by atoms with Gasteiger partial charge in [-0.1, -0.05) is 166 Å². The van der Waals surface area contributed by atoms with Gasteiger partial charge in [-0.15, -0.1) is 0 Å². The van der Waals surface area contributed by atoms with Crippen molar-refractivity contribution < 1.29 is 0 Å². The number of nitrogens with zero attached hydrogens (tertiary/aromatic N) is 2. The molecule has 304 valence electrons. The average molecular weight is 787 g/mol. The number of rotatable bonds is 6. The molecule has 0 fully saturated rings. The minimum absolute atomic E-state index is 0.00346. The quantitative estimate of drug-likeness (QED) is 0.155. The van der Waals surface area contributed by atoms with Crippen molar-refractivity contribution in [2.24, 2.45) is 11.3 Å². The van der Waals surface area contributed by atoms with Crippen LogP contribution in [-0.4, -0.2) is 6.71 Å². The Balaban J connectivity index is 1.32. The van der Waals surface area contributed by atoms with Crippen molar-refractivity contribution in [3.05, 3.63) is 179 Å². The van der Waals surface area contributed by atoms with E-state index in [2.05, 4.69) is 226 Å². The van der Waals surface area contributed by atoms with Gasteiger partial charge in [0.05, 0.1) is 0 Å². The van der Waals surface area contributed by atoms with Gasteiger partial charge < -0.3 is 9.80 Å². The summed E-state index contributed by atoms with van der Waals surface area (Å²) in [5, 5.41) is 0. The number of allylic oxidation sites excluding steroid dienone is 7. The predicted octanol–water partition coefficient (Wildman–Crippen LogP) is 13.4. The van der Waals surface area contributed by atoms with Gasteiger partial charge in [-0.2, -0.15) is 0 Å². The van der Waals surface area contributed by atoms with Crippen LogP contribution in [0.2, 0.25) is 0 Å². The Labute approximate surface area is 361 Å². The predicted molar refractivity (Wildman–Crippen MR) is 261 cm³/mol. The third-order valence-electron chi connectivity index (χ3n) is 14.3. The number of hydrogen-bond donors (Lipinski definition) is 0. The van der Waals surface area contributed by atoms with E-state index in [0.717, 1.165) is 19.3 Å². The molecule has 5 aromatic carbocycles. The van der Waals surface area contributed by atoms with Crippen LogP contribution in [0.15, 0.2) is 151 Å². The standard InChI is InChI=1S/C57H63BN2/c1-38-33-51-53-52(34-38)60(46-24-18-23-43(35-46)56(8,9)40-19-14-12-15-20-40)50-37-44(57(10,11)41-21-16-13-17-22-41)27-31-47(50)58(53)48-36-42(55(5,6)7)28-32-49(48)59(51)45-29-25-39(26-30-45)54(2,3)4/h13-14,16-25,27-37,39H,12,15,26H2,1-11H3. The topological polar surface area (TPSA) is 6.48 Å². The summed E-state index contributed by atoms with van der Waals surface area (Å²) >= 11 is 0. The molecule has 2 aliphatic heterocycles. The second kappa shape index (κ2) is 14.4. The number of anilines is 5. The molecule has 60 heavy (non-hydrogen) atoms. The van der Waals surface area contributed by atoms with Crippen molar-refractivity contribution in [3.63, 3.8) is 0 Å². The van der Waals surface area contributed by atoms with Crippen molar-refractivity contribution in [2.45, 2.75) is 112 Å². The molecule has 2 heterocycles. The van der Waals surface area contributed by atoms with Gasteiger partial charge in [-0.05, 0) is 135 Å². The highest BCUT2D eigenvalue weighted by Gasteiger charge is 2.45. The van der Waals surface area contributed by atoms with Crippen LogP contribution < -0.4 is 26.2 Å². The first-order chi connectivity index (χ1) is 28.4. The highest BCUT2D eigenvalue weighted by molar-refractivity contribution is 7.00. The smallest absolute Gasteiger partial charge is 0.252 e. The molecule has 0 amide bonds. The molecule has 0 bridgehead atoms.